The zero-order valence-corrected chi connectivity index (χ0v) is 14.2. The monoisotopic (exact) mass is 352 g/mol. The molecule has 7 heteroatoms. The summed E-state index contributed by atoms with van der Waals surface area (Å²) in [7, 11) is 0. The Morgan fingerprint density at radius 1 is 1.00 bits per heavy atom. The molecule has 0 bridgehead atoms. The Hall–Kier alpha value is -2.64. The number of benzene rings is 2. The molecule has 4 aromatic rings. The number of aliphatic hydroxyl groups is 1. The molecule has 25 heavy (non-hydrogen) atoms. The Kier molecular flexibility index (Phi) is 4.25. The van der Waals surface area contributed by atoms with Crippen LogP contribution < -0.4 is 5.56 Å². The van der Waals surface area contributed by atoms with Crippen LogP contribution in [0.2, 0.25) is 0 Å². The average molecular weight is 352 g/mol. The lowest BCUT2D eigenvalue weighted by Crippen LogP contribution is -2.24. The number of aliphatic hydroxyl groups excluding tert-OH is 1. The average Bonchev–Trinajstić information content (AvgIpc) is 3.08. The van der Waals surface area contributed by atoms with Crippen molar-refractivity contribution in [1.82, 2.24) is 19.2 Å². The Morgan fingerprint density at radius 2 is 1.76 bits per heavy atom. The van der Waals surface area contributed by atoms with Crippen LogP contribution in [0.25, 0.3) is 16.7 Å². The van der Waals surface area contributed by atoms with E-state index < -0.39 is 0 Å². The van der Waals surface area contributed by atoms with Crippen molar-refractivity contribution in [2.75, 3.05) is 12.4 Å². The fraction of sp³-hybridized carbons (Fsp3) is 0.167. The number of hydrogen-bond donors (Lipinski definition) is 1. The van der Waals surface area contributed by atoms with Gasteiger partial charge in [-0.1, -0.05) is 54.2 Å². The Bertz CT molecular complexity index is 1090. The SMILES string of the molecule is O=c1c2ccccc2n2c(SCCO)nnc2n1Cc1ccccc1. The first-order chi connectivity index (χ1) is 12.3. The summed E-state index contributed by atoms with van der Waals surface area (Å²) in [6, 6.07) is 17.3. The van der Waals surface area contributed by atoms with Crippen LogP contribution in [0.3, 0.4) is 0 Å². The van der Waals surface area contributed by atoms with Crippen molar-refractivity contribution < 1.29 is 5.11 Å². The van der Waals surface area contributed by atoms with Gasteiger partial charge in [0, 0.05) is 5.75 Å². The third-order valence-corrected chi connectivity index (χ3v) is 4.89. The summed E-state index contributed by atoms with van der Waals surface area (Å²) >= 11 is 1.42. The van der Waals surface area contributed by atoms with Gasteiger partial charge in [0.25, 0.3) is 5.56 Å². The molecule has 4 rings (SSSR count). The molecule has 0 saturated carbocycles. The van der Waals surface area contributed by atoms with Crippen molar-refractivity contribution in [2.24, 2.45) is 0 Å². The van der Waals surface area contributed by atoms with Gasteiger partial charge in [0.1, 0.15) is 0 Å². The number of nitrogens with zero attached hydrogens (tertiary/aromatic N) is 4. The highest BCUT2D eigenvalue weighted by molar-refractivity contribution is 7.99. The standard InChI is InChI=1S/C18H16N4O2S/c23-10-11-25-18-20-19-17-21(12-13-6-2-1-3-7-13)16(24)14-8-4-5-9-15(14)22(17)18/h1-9,23H,10-12H2. The molecule has 0 aliphatic rings. The maximum Gasteiger partial charge on any atom is 0.263 e. The fourth-order valence-electron chi connectivity index (χ4n) is 2.87. The number of thioether (sulfide) groups is 1. The van der Waals surface area contributed by atoms with Crippen molar-refractivity contribution >= 4 is 28.4 Å². The van der Waals surface area contributed by atoms with E-state index in [1.165, 1.54) is 11.8 Å². The lowest BCUT2D eigenvalue weighted by Gasteiger charge is -2.11. The Morgan fingerprint density at radius 3 is 2.56 bits per heavy atom. The second-order valence-electron chi connectivity index (χ2n) is 5.58. The summed E-state index contributed by atoms with van der Waals surface area (Å²) in [6.45, 7) is 0.484. The van der Waals surface area contributed by atoms with Gasteiger partial charge in [0.2, 0.25) is 5.78 Å². The van der Waals surface area contributed by atoms with E-state index in [0.29, 0.717) is 28.6 Å². The van der Waals surface area contributed by atoms with Crippen LogP contribution in [0, 0.1) is 0 Å². The maximum absolute atomic E-state index is 13.0. The summed E-state index contributed by atoms with van der Waals surface area (Å²) in [5, 5.41) is 18.9. The minimum Gasteiger partial charge on any atom is -0.396 e. The van der Waals surface area contributed by atoms with Crippen molar-refractivity contribution in [1.29, 1.82) is 0 Å². The molecule has 6 nitrogen and oxygen atoms in total. The van der Waals surface area contributed by atoms with E-state index in [1.54, 1.807) is 4.57 Å². The molecule has 0 aliphatic heterocycles. The second kappa shape index (κ2) is 6.70. The van der Waals surface area contributed by atoms with Gasteiger partial charge in [-0.3, -0.25) is 13.8 Å². The molecule has 0 unspecified atom stereocenters. The molecule has 2 aromatic carbocycles. The third-order valence-electron chi connectivity index (χ3n) is 3.98. The van der Waals surface area contributed by atoms with Crippen molar-refractivity contribution in [3.63, 3.8) is 0 Å². The molecule has 0 atom stereocenters. The quantitative estimate of drug-likeness (QED) is 0.557. The van der Waals surface area contributed by atoms with E-state index in [0.717, 1.165) is 11.1 Å². The summed E-state index contributed by atoms with van der Waals surface area (Å²) in [5.74, 6) is 1.03. The van der Waals surface area contributed by atoms with Gasteiger partial charge in [-0.05, 0) is 17.7 Å². The zero-order valence-electron chi connectivity index (χ0n) is 13.4. The topological polar surface area (TPSA) is 72.4 Å². The fourth-order valence-corrected chi connectivity index (χ4v) is 3.55. The molecule has 0 fully saturated rings. The molecule has 2 heterocycles. The molecule has 0 radical (unpaired) electrons. The van der Waals surface area contributed by atoms with E-state index in [4.69, 9.17) is 5.11 Å². The van der Waals surface area contributed by atoms with Crippen LogP contribution >= 0.6 is 11.8 Å². The molecule has 126 valence electrons. The maximum atomic E-state index is 13.0. The van der Waals surface area contributed by atoms with Crippen LogP contribution in [0.15, 0.2) is 64.5 Å². The number of aromatic nitrogens is 4. The van der Waals surface area contributed by atoms with Gasteiger partial charge >= 0.3 is 0 Å². The highest BCUT2D eigenvalue weighted by Gasteiger charge is 2.16. The predicted molar refractivity (Wildman–Crippen MR) is 98.1 cm³/mol. The number of para-hydroxylation sites is 1. The van der Waals surface area contributed by atoms with Gasteiger partial charge in [-0.15, -0.1) is 10.2 Å². The van der Waals surface area contributed by atoms with Gasteiger partial charge in [-0.2, -0.15) is 0 Å². The molecule has 2 aromatic heterocycles. The first-order valence-electron chi connectivity index (χ1n) is 7.94. The smallest absolute Gasteiger partial charge is 0.263 e. The summed E-state index contributed by atoms with van der Waals surface area (Å²) < 4.78 is 3.54. The van der Waals surface area contributed by atoms with Gasteiger partial charge in [-0.25, -0.2) is 0 Å². The lowest BCUT2D eigenvalue weighted by atomic mass is 10.2. The molecule has 0 saturated heterocycles. The Balaban J connectivity index is 1.99. The molecule has 0 spiro atoms. The predicted octanol–water partition coefficient (Wildman–Crippen LogP) is 2.18. The van der Waals surface area contributed by atoms with Crippen LogP contribution in [0.1, 0.15) is 5.56 Å². The van der Waals surface area contributed by atoms with Crippen molar-refractivity contribution in [3.05, 3.63) is 70.5 Å². The van der Waals surface area contributed by atoms with Crippen LogP contribution in [0.5, 0.6) is 0 Å². The highest BCUT2D eigenvalue weighted by atomic mass is 32.2. The summed E-state index contributed by atoms with van der Waals surface area (Å²) in [4.78, 5) is 13.0. The molecule has 1 N–H and O–H groups in total. The largest absolute Gasteiger partial charge is 0.396 e. The van der Waals surface area contributed by atoms with E-state index in [1.807, 2.05) is 59.0 Å². The third kappa shape index (κ3) is 2.81. The minimum absolute atomic E-state index is 0.0567. The number of fused-ring (bicyclic) bond motifs is 3. The van der Waals surface area contributed by atoms with E-state index in [9.17, 15) is 4.79 Å². The number of hydrogen-bond acceptors (Lipinski definition) is 5. The van der Waals surface area contributed by atoms with Gasteiger partial charge < -0.3 is 5.11 Å². The normalized spacial score (nSPS) is 11.4. The Labute approximate surface area is 147 Å². The lowest BCUT2D eigenvalue weighted by molar-refractivity contribution is 0.322. The molecular weight excluding hydrogens is 336 g/mol. The molecule has 0 aliphatic carbocycles. The van der Waals surface area contributed by atoms with Gasteiger partial charge in [0.15, 0.2) is 5.16 Å². The molecule has 0 amide bonds. The van der Waals surface area contributed by atoms with Gasteiger partial charge in [0.05, 0.1) is 24.1 Å². The van der Waals surface area contributed by atoms with E-state index >= 15 is 0 Å². The van der Waals surface area contributed by atoms with Crippen LogP contribution in [-0.2, 0) is 6.54 Å². The summed E-state index contributed by atoms with van der Waals surface area (Å²) in [5.41, 5.74) is 1.71. The van der Waals surface area contributed by atoms with Crippen molar-refractivity contribution in [3.8, 4) is 0 Å². The zero-order chi connectivity index (χ0) is 17.2. The summed E-state index contributed by atoms with van der Waals surface area (Å²) in [6.07, 6.45) is 0. The van der Waals surface area contributed by atoms with Crippen molar-refractivity contribution in [2.45, 2.75) is 11.7 Å². The van der Waals surface area contributed by atoms with E-state index in [-0.39, 0.29) is 12.2 Å². The molecular formula is C18H16N4O2S. The first kappa shape index (κ1) is 15.9. The highest BCUT2D eigenvalue weighted by Crippen LogP contribution is 2.21. The van der Waals surface area contributed by atoms with Crippen LogP contribution in [0.4, 0.5) is 0 Å². The first-order valence-corrected chi connectivity index (χ1v) is 8.92. The minimum atomic E-state index is -0.0851. The van der Waals surface area contributed by atoms with Crippen LogP contribution in [-0.4, -0.2) is 36.6 Å². The van der Waals surface area contributed by atoms with E-state index in [2.05, 4.69) is 10.2 Å². The second-order valence-corrected chi connectivity index (χ2v) is 6.65. The number of rotatable bonds is 5.